The third kappa shape index (κ3) is 4.77. The van der Waals surface area contributed by atoms with Crippen molar-refractivity contribution in [3.05, 3.63) is 54.3 Å². The van der Waals surface area contributed by atoms with Gasteiger partial charge in [0.15, 0.2) is 5.72 Å². The highest BCUT2D eigenvalue weighted by atomic mass is 32.2. The Kier molecular flexibility index (Phi) is 5.82. The first-order valence-electron chi connectivity index (χ1n) is 8.52. The van der Waals surface area contributed by atoms with E-state index in [9.17, 15) is 17.6 Å². The van der Waals surface area contributed by atoms with Crippen molar-refractivity contribution in [2.45, 2.75) is 36.3 Å². The highest BCUT2D eigenvalue weighted by Gasteiger charge is 2.41. The van der Waals surface area contributed by atoms with Crippen molar-refractivity contribution in [3.63, 3.8) is 0 Å². The highest BCUT2D eigenvalue weighted by Crippen LogP contribution is 2.33. The van der Waals surface area contributed by atoms with Crippen LogP contribution >= 0.6 is 0 Å². The van der Waals surface area contributed by atoms with Crippen molar-refractivity contribution >= 4 is 16.1 Å². The van der Waals surface area contributed by atoms with Gasteiger partial charge in [0.1, 0.15) is 17.3 Å². The van der Waals surface area contributed by atoms with Gasteiger partial charge >= 0.3 is 6.09 Å². The quantitative estimate of drug-likeness (QED) is 0.383. The Labute approximate surface area is 161 Å². The Hall–Kier alpha value is -2.69. The molecule has 28 heavy (non-hydrogen) atoms. The molecule has 1 aliphatic rings. The minimum atomic E-state index is -3.99. The molecule has 3 rings (SSSR count). The summed E-state index contributed by atoms with van der Waals surface area (Å²) in [5, 5.41) is 8.66. The number of nitrogens with one attached hydrogen (secondary N) is 2. The Morgan fingerprint density at radius 1 is 1.00 bits per heavy atom. The summed E-state index contributed by atoms with van der Waals surface area (Å²) in [4.78, 5) is 11.3. The summed E-state index contributed by atoms with van der Waals surface area (Å²) >= 11 is 0. The summed E-state index contributed by atoms with van der Waals surface area (Å²) in [7, 11) is -3.99. The molecule has 1 fully saturated rings. The van der Waals surface area contributed by atoms with Crippen LogP contribution in [0.3, 0.4) is 0 Å². The predicted molar refractivity (Wildman–Crippen MR) is 95.8 cm³/mol. The standard InChI is InChI=1S/C18H19FN2O6S/c19-13-3-5-14(6-4-13)26-15-7-9-16(10-8-15)28(24,25)21-18(11-1-2-12-18)27-17(22)20-23/h3-10,21,23H,1-2,11-12H2,(H,20,22). The Balaban J connectivity index is 1.74. The maximum Gasteiger partial charge on any atom is 0.432 e. The molecule has 0 spiro atoms. The van der Waals surface area contributed by atoms with Gasteiger partial charge in [0.25, 0.3) is 0 Å². The summed E-state index contributed by atoms with van der Waals surface area (Å²) in [6.07, 6.45) is 0.807. The third-order valence-electron chi connectivity index (χ3n) is 4.29. The van der Waals surface area contributed by atoms with E-state index in [4.69, 9.17) is 14.7 Å². The Bertz CT molecular complexity index is 926. The van der Waals surface area contributed by atoms with Gasteiger partial charge in [0.05, 0.1) is 4.90 Å². The molecular weight excluding hydrogens is 391 g/mol. The number of hydrogen-bond acceptors (Lipinski definition) is 6. The lowest BCUT2D eigenvalue weighted by atomic mass is 10.2. The van der Waals surface area contributed by atoms with Crippen molar-refractivity contribution in [1.82, 2.24) is 10.2 Å². The molecule has 3 N–H and O–H groups in total. The Morgan fingerprint density at radius 2 is 1.54 bits per heavy atom. The van der Waals surface area contributed by atoms with Gasteiger partial charge in [-0.1, -0.05) is 0 Å². The van der Waals surface area contributed by atoms with Gasteiger partial charge in [0, 0.05) is 12.8 Å². The van der Waals surface area contributed by atoms with Crippen LogP contribution in [0.1, 0.15) is 25.7 Å². The van der Waals surface area contributed by atoms with Crippen molar-refractivity contribution in [2.24, 2.45) is 0 Å². The predicted octanol–water partition coefficient (Wildman–Crippen LogP) is 3.28. The first kappa shape index (κ1) is 20.1. The van der Waals surface area contributed by atoms with E-state index < -0.39 is 27.7 Å². The monoisotopic (exact) mass is 410 g/mol. The maximum absolute atomic E-state index is 12.9. The molecule has 0 bridgehead atoms. The fraction of sp³-hybridized carbons (Fsp3) is 0.278. The van der Waals surface area contributed by atoms with E-state index in [-0.39, 0.29) is 4.90 Å². The Morgan fingerprint density at radius 3 is 2.07 bits per heavy atom. The second kappa shape index (κ2) is 8.13. The number of sulfonamides is 1. The van der Waals surface area contributed by atoms with Crippen LogP contribution in [0.15, 0.2) is 53.4 Å². The van der Waals surface area contributed by atoms with E-state index in [1.54, 1.807) is 0 Å². The van der Waals surface area contributed by atoms with Crippen LogP contribution in [0, 0.1) is 5.82 Å². The van der Waals surface area contributed by atoms with Gasteiger partial charge in [-0.25, -0.2) is 23.1 Å². The summed E-state index contributed by atoms with van der Waals surface area (Å²) in [5.41, 5.74) is -0.0675. The first-order valence-corrected chi connectivity index (χ1v) is 10.0. The molecule has 1 aliphatic carbocycles. The molecule has 150 valence electrons. The number of hydrogen-bond donors (Lipinski definition) is 3. The molecule has 0 unspecified atom stereocenters. The van der Waals surface area contributed by atoms with Gasteiger partial charge < -0.3 is 9.47 Å². The number of rotatable bonds is 6. The van der Waals surface area contributed by atoms with Crippen LogP contribution in [0.5, 0.6) is 11.5 Å². The largest absolute Gasteiger partial charge is 0.457 e. The molecule has 0 heterocycles. The van der Waals surface area contributed by atoms with Crippen LogP contribution in [0.2, 0.25) is 0 Å². The zero-order valence-electron chi connectivity index (χ0n) is 14.7. The number of carbonyl (C=O) groups is 1. The molecular formula is C18H19FN2O6S. The van der Waals surface area contributed by atoms with Crippen LogP contribution in [0.25, 0.3) is 0 Å². The molecule has 2 aromatic rings. The molecule has 0 aromatic heterocycles. The fourth-order valence-electron chi connectivity index (χ4n) is 3.00. The molecule has 1 saturated carbocycles. The zero-order chi connectivity index (χ0) is 20.2. The molecule has 0 radical (unpaired) electrons. The van der Waals surface area contributed by atoms with Crippen molar-refractivity contribution < 1.29 is 32.3 Å². The van der Waals surface area contributed by atoms with Gasteiger partial charge in [-0.2, -0.15) is 4.72 Å². The zero-order valence-corrected chi connectivity index (χ0v) is 15.5. The van der Waals surface area contributed by atoms with Gasteiger partial charge in [-0.3, -0.25) is 5.21 Å². The van der Waals surface area contributed by atoms with E-state index in [0.717, 1.165) is 0 Å². The summed E-state index contributed by atoms with van der Waals surface area (Å²) in [6, 6.07) is 11.0. The SMILES string of the molecule is O=C(NO)OC1(NS(=O)(=O)c2ccc(Oc3ccc(F)cc3)cc2)CCCC1. The molecule has 8 nitrogen and oxygen atoms in total. The van der Waals surface area contributed by atoms with E-state index in [2.05, 4.69) is 4.72 Å². The van der Waals surface area contributed by atoms with Crippen LogP contribution in [-0.2, 0) is 14.8 Å². The second-order valence-corrected chi connectivity index (χ2v) is 8.02. The van der Waals surface area contributed by atoms with Gasteiger partial charge in [-0.15, -0.1) is 0 Å². The van der Waals surface area contributed by atoms with E-state index in [1.807, 2.05) is 0 Å². The molecule has 2 aromatic carbocycles. The lowest BCUT2D eigenvalue weighted by Gasteiger charge is -2.29. The van der Waals surface area contributed by atoms with E-state index >= 15 is 0 Å². The molecule has 10 heteroatoms. The molecule has 1 amide bonds. The smallest absolute Gasteiger partial charge is 0.432 e. The topological polar surface area (TPSA) is 114 Å². The number of carbonyl (C=O) groups excluding carboxylic acids is 1. The summed E-state index contributed by atoms with van der Waals surface area (Å²) in [6.45, 7) is 0. The summed E-state index contributed by atoms with van der Waals surface area (Å²) < 4.78 is 51.4. The first-order chi connectivity index (χ1) is 13.3. The minimum absolute atomic E-state index is 0.0433. The van der Waals surface area contributed by atoms with Crippen molar-refractivity contribution in [1.29, 1.82) is 0 Å². The lowest BCUT2D eigenvalue weighted by Crippen LogP contribution is -2.50. The van der Waals surface area contributed by atoms with Crippen LogP contribution < -0.4 is 14.9 Å². The van der Waals surface area contributed by atoms with Crippen molar-refractivity contribution in [2.75, 3.05) is 0 Å². The number of amides is 1. The average molecular weight is 410 g/mol. The average Bonchev–Trinajstić information content (AvgIpc) is 3.11. The van der Waals surface area contributed by atoms with Crippen LogP contribution in [0.4, 0.5) is 9.18 Å². The van der Waals surface area contributed by atoms with Gasteiger partial charge in [-0.05, 0) is 61.4 Å². The molecule has 0 atom stereocenters. The maximum atomic E-state index is 12.9. The van der Waals surface area contributed by atoms with Crippen LogP contribution in [-0.4, -0.2) is 25.4 Å². The summed E-state index contributed by atoms with van der Waals surface area (Å²) in [5.74, 6) is 0.387. The van der Waals surface area contributed by atoms with E-state index in [0.29, 0.717) is 37.2 Å². The normalized spacial score (nSPS) is 15.8. The fourth-order valence-corrected chi connectivity index (χ4v) is 4.35. The number of hydroxylamine groups is 1. The van der Waals surface area contributed by atoms with E-state index in [1.165, 1.54) is 54.0 Å². The van der Waals surface area contributed by atoms with Gasteiger partial charge in [0.2, 0.25) is 10.0 Å². The number of ether oxygens (including phenoxy) is 2. The highest BCUT2D eigenvalue weighted by molar-refractivity contribution is 7.89. The van der Waals surface area contributed by atoms with Crippen molar-refractivity contribution in [3.8, 4) is 11.5 Å². The lowest BCUT2D eigenvalue weighted by molar-refractivity contribution is -0.0130. The number of benzene rings is 2. The number of halogens is 1. The molecule has 0 saturated heterocycles. The minimum Gasteiger partial charge on any atom is -0.457 e. The molecule has 0 aliphatic heterocycles. The second-order valence-electron chi connectivity index (χ2n) is 6.34. The third-order valence-corrected chi connectivity index (χ3v) is 5.83.